The van der Waals surface area contributed by atoms with Crippen molar-refractivity contribution in [2.45, 2.75) is 26.3 Å². The highest BCUT2D eigenvalue weighted by atomic mass is 127. The monoisotopic (exact) mass is 365 g/mol. The highest BCUT2D eigenvalue weighted by Crippen LogP contribution is 2.28. The minimum Gasteiger partial charge on any atom is -0.309 e. The minimum atomic E-state index is 0.262. The molecular formula is C17H20IN. The van der Waals surface area contributed by atoms with Gasteiger partial charge >= 0.3 is 0 Å². The van der Waals surface area contributed by atoms with E-state index in [1.165, 1.54) is 25.8 Å². The van der Waals surface area contributed by atoms with Gasteiger partial charge in [0.2, 0.25) is 0 Å². The molecule has 0 aliphatic carbocycles. The van der Waals surface area contributed by atoms with Crippen molar-refractivity contribution in [3.8, 4) is 0 Å². The molecule has 0 spiro atoms. The maximum absolute atomic E-state index is 3.45. The van der Waals surface area contributed by atoms with E-state index in [0.717, 1.165) is 6.42 Å². The van der Waals surface area contributed by atoms with E-state index in [1.54, 1.807) is 0 Å². The van der Waals surface area contributed by atoms with Gasteiger partial charge in [-0.15, -0.1) is 0 Å². The summed E-state index contributed by atoms with van der Waals surface area (Å²) in [5.74, 6) is 0. The van der Waals surface area contributed by atoms with Gasteiger partial charge < -0.3 is 5.32 Å². The van der Waals surface area contributed by atoms with Gasteiger partial charge in [0.25, 0.3) is 0 Å². The second-order valence-corrected chi connectivity index (χ2v) is 5.88. The van der Waals surface area contributed by atoms with Crippen LogP contribution in [0, 0.1) is 10.5 Å². The van der Waals surface area contributed by atoms with Crippen molar-refractivity contribution in [1.29, 1.82) is 0 Å². The van der Waals surface area contributed by atoms with Gasteiger partial charge in [0.15, 0.2) is 0 Å². The minimum absolute atomic E-state index is 0.262. The van der Waals surface area contributed by atoms with E-state index >= 15 is 0 Å². The molecule has 2 aromatic carbocycles. The second-order valence-electron chi connectivity index (χ2n) is 4.80. The number of hydrogen-bond acceptors (Lipinski definition) is 1. The van der Waals surface area contributed by atoms with Gasteiger partial charge in [-0.2, -0.15) is 0 Å². The molecule has 0 radical (unpaired) electrons. The number of aryl methyl sites for hydroxylation is 2. The first-order chi connectivity index (χ1) is 9.17. The number of benzene rings is 2. The van der Waals surface area contributed by atoms with Crippen LogP contribution < -0.4 is 5.32 Å². The first-order valence-corrected chi connectivity index (χ1v) is 7.76. The molecule has 1 N–H and O–H groups in total. The molecule has 0 saturated carbocycles. The third-order valence-electron chi connectivity index (χ3n) is 3.51. The van der Waals surface area contributed by atoms with Crippen LogP contribution in [0.5, 0.6) is 0 Å². The second kappa shape index (κ2) is 6.53. The maximum Gasteiger partial charge on any atom is 0.0584 e. The molecule has 2 heteroatoms. The summed E-state index contributed by atoms with van der Waals surface area (Å²) in [5.41, 5.74) is 5.42. The fourth-order valence-electron chi connectivity index (χ4n) is 2.39. The Kier molecular flexibility index (Phi) is 4.99. The Morgan fingerprint density at radius 3 is 2.58 bits per heavy atom. The number of halogens is 1. The van der Waals surface area contributed by atoms with Crippen LogP contribution in [0.25, 0.3) is 0 Å². The summed E-state index contributed by atoms with van der Waals surface area (Å²) in [6.45, 7) is 4.37. The standard InChI is InChI=1S/C17H20IN/c1-4-13-8-6-9-14(11-13)17(19-3)15-10-5-7-12(2)16(15)18/h5-11,17,19H,4H2,1-3H3. The number of hydrogen-bond donors (Lipinski definition) is 1. The van der Waals surface area contributed by atoms with E-state index in [9.17, 15) is 0 Å². The van der Waals surface area contributed by atoms with Crippen molar-refractivity contribution < 1.29 is 0 Å². The van der Waals surface area contributed by atoms with Crippen LogP contribution in [0.3, 0.4) is 0 Å². The van der Waals surface area contributed by atoms with Gasteiger partial charge in [-0.25, -0.2) is 0 Å². The van der Waals surface area contributed by atoms with Crippen molar-refractivity contribution in [1.82, 2.24) is 5.32 Å². The first-order valence-electron chi connectivity index (χ1n) is 6.68. The Balaban J connectivity index is 2.46. The zero-order valence-corrected chi connectivity index (χ0v) is 13.9. The van der Waals surface area contributed by atoms with Crippen molar-refractivity contribution in [2.24, 2.45) is 0 Å². The molecule has 0 aromatic heterocycles. The Morgan fingerprint density at radius 1 is 1.16 bits per heavy atom. The summed E-state index contributed by atoms with van der Waals surface area (Å²) in [4.78, 5) is 0. The molecule has 0 heterocycles. The fraction of sp³-hybridized carbons (Fsp3) is 0.294. The topological polar surface area (TPSA) is 12.0 Å². The molecule has 0 amide bonds. The van der Waals surface area contributed by atoms with Crippen LogP contribution in [0.1, 0.15) is 35.2 Å². The molecule has 0 saturated heterocycles. The third kappa shape index (κ3) is 3.18. The average Bonchev–Trinajstić information content (AvgIpc) is 2.44. The average molecular weight is 365 g/mol. The van der Waals surface area contributed by atoms with Gasteiger partial charge in [-0.3, -0.25) is 0 Å². The molecule has 2 aromatic rings. The molecule has 1 unspecified atom stereocenters. The normalized spacial score (nSPS) is 12.4. The lowest BCUT2D eigenvalue weighted by Crippen LogP contribution is -2.19. The summed E-state index contributed by atoms with van der Waals surface area (Å²) < 4.78 is 1.35. The van der Waals surface area contributed by atoms with Crippen LogP contribution in [0.2, 0.25) is 0 Å². The first kappa shape index (κ1) is 14.5. The van der Waals surface area contributed by atoms with Crippen LogP contribution in [-0.2, 0) is 6.42 Å². The van der Waals surface area contributed by atoms with E-state index in [1.807, 2.05) is 7.05 Å². The van der Waals surface area contributed by atoms with Crippen LogP contribution in [-0.4, -0.2) is 7.05 Å². The van der Waals surface area contributed by atoms with Crippen molar-refractivity contribution in [3.63, 3.8) is 0 Å². The Labute approximate surface area is 129 Å². The summed E-state index contributed by atoms with van der Waals surface area (Å²) in [6, 6.07) is 15.6. The SMILES string of the molecule is CCc1cccc(C(NC)c2cccc(C)c2I)c1. The molecule has 0 bridgehead atoms. The largest absolute Gasteiger partial charge is 0.309 e. The molecule has 2 rings (SSSR count). The predicted molar refractivity (Wildman–Crippen MR) is 90.6 cm³/mol. The maximum atomic E-state index is 3.45. The van der Waals surface area contributed by atoms with Gasteiger partial charge in [0.05, 0.1) is 6.04 Å². The molecule has 1 nitrogen and oxygen atoms in total. The molecule has 0 aliphatic heterocycles. The van der Waals surface area contributed by atoms with Crippen LogP contribution >= 0.6 is 22.6 Å². The van der Waals surface area contributed by atoms with Gasteiger partial charge in [-0.05, 0) is 65.2 Å². The predicted octanol–water partition coefficient (Wildman–Crippen LogP) is 4.47. The van der Waals surface area contributed by atoms with Crippen LogP contribution in [0.15, 0.2) is 42.5 Å². The molecule has 100 valence electrons. The summed E-state index contributed by atoms with van der Waals surface area (Å²) in [7, 11) is 2.03. The molecule has 19 heavy (non-hydrogen) atoms. The molecule has 0 aliphatic rings. The quantitative estimate of drug-likeness (QED) is 0.789. The Morgan fingerprint density at radius 2 is 1.89 bits per heavy atom. The molecule has 1 atom stereocenters. The van der Waals surface area contributed by atoms with Gasteiger partial charge in [-0.1, -0.05) is 49.4 Å². The summed E-state index contributed by atoms with van der Waals surface area (Å²) in [5, 5.41) is 3.45. The van der Waals surface area contributed by atoms with E-state index < -0.39 is 0 Å². The number of nitrogens with one attached hydrogen (secondary N) is 1. The number of rotatable bonds is 4. The summed E-state index contributed by atoms with van der Waals surface area (Å²) in [6.07, 6.45) is 1.08. The van der Waals surface area contributed by atoms with E-state index in [-0.39, 0.29) is 6.04 Å². The molecule has 0 fully saturated rings. The highest BCUT2D eigenvalue weighted by molar-refractivity contribution is 14.1. The van der Waals surface area contributed by atoms with Crippen molar-refractivity contribution in [3.05, 3.63) is 68.3 Å². The smallest absolute Gasteiger partial charge is 0.0584 e. The zero-order chi connectivity index (χ0) is 13.8. The van der Waals surface area contributed by atoms with E-state index in [2.05, 4.69) is 84.2 Å². The fourth-order valence-corrected chi connectivity index (χ4v) is 3.06. The zero-order valence-electron chi connectivity index (χ0n) is 11.7. The molecular weight excluding hydrogens is 345 g/mol. The van der Waals surface area contributed by atoms with Gasteiger partial charge in [0.1, 0.15) is 0 Å². The summed E-state index contributed by atoms with van der Waals surface area (Å²) >= 11 is 2.45. The lowest BCUT2D eigenvalue weighted by molar-refractivity contribution is 0.687. The van der Waals surface area contributed by atoms with E-state index in [0.29, 0.717) is 0 Å². The third-order valence-corrected chi connectivity index (χ3v) is 4.99. The van der Waals surface area contributed by atoms with Crippen LogP contribution in [0.4, 0.5) is 0 Å². The highest BCUT2D eigenvalue weighted by Gasteiger charge is 2.15. The van der Waals surface area contributed by atoms with Crippen molar-refractivity contribution >= 4 is 22.6 Å². The van der Waals surface area contributed by atoms with E-state index in [4.69, 9.17) is 0 Å². The Hall–Kier alpha value is -0.870. The lowest BCUT2D eigenvalue weighted by atomic mass is 9.96. The van der Waals surface area contributed by atoms with Crippen molar-refractivity contribution in [2.75, 3.05) is 7.05 Å². The lowest BCUT2D eigenvalue weighted by Gasteiger charge is -2.20. The Bertz CT molecular complexity index is 563. The van der Waals surface area contributed by atoms with Gasteiger partial charge in [0, 0.05) is 3.57 Å².